The van der Waals surface area contributed by atoms with Crippen molar-refractivity contribution in [2.75, 3.05) is 5.73 Å². The largest absolute Gasteiger partial charge is 0.396 e. The molecule has 0 bridgehead atoms. The Balaban J connectivity index is 2.07. The molecule has 3 aromatic rings. The molecule has 0 unspecified atom stereocenters. The van der Waals surface area contributed by atoms with Crippen LogP contribution in [0.5, 0.6) is 0 Å². The van der Waals surface area contributed by atoms with Crippen LogP contribution in [0, 0.1) is 12.7 Å². The van der Waals surface area contributed by atoms with Crippen LogP contribution < -0.4 is 5.73 Å². The average molecular weight is 337 g/mol. The van der Waals surface area contributed by atoms with Crippen molar-refractivity contribution in [1.29, 1.82) is 0 Å². The summed E-state index contributed by atoms with van der Waals surface area (Å²) >= 11 is 3.17. The SMILES string of the molecule is Cc1nc2nonc2c(N)c1Cc1ccc(F)c(Br)c1. The van der Waals surface area contributed by atoms with Crippen molar-refractivity contribution in [3.05, 3.63) is 45.3 Å². The lowest BCUT2D eigenvalue weighted by molar-refractivity contribution is 0.315. The molecule has 0 spiro atoms. The summed E-state index contributed by atoms with van der Waals surface area (Å²) in [7, 11) is 0. The molecule has 3 rings (SSSR count). The highest BCUT2D eigenvalue weighted by Gasteiger charge is 2.15. The zero-order valence-electron chi connectivity index (χ0n) is 10.5. The van der Waals surface area contributed by atoms with Crippen LogP contribution in [0.4, 0.5) is 10.1 Å². The highest BCUT2D eigenvalue weighted by atomic mass is 79.9. The first-order valence-corrected chi connectivity index (χ1v) is 6.66. The van der Waals surface area contributed by atoms with E-state index in [0.717, 1.165) is 16.8 Å². The van der Waals surface area contributed by atoms with Crippen LogP contribution in [0.3, 0.4) is 0 Å². The summed E-state index contributed by atoms with van der Waals surface area (Å²) in [6.45, 7) is 1.85. The third kappa shape index (κ3) is 2.14. The summed E-state index contributed by atoms with van der Waals surface area (Å²) in [6.07, 6.45) is 0.534. The average Bonchev–Trinajstić information content (AvgIpc) is 2.87. The van der Waals surface area contributed by atoms with Gasteiger partial charge in [-0.1, -0.05) is 6.07 Å². The van der Waals surface area contributed by atoms with Gasteiger partial charge < -0.3 is 5.73 Å². The van der Waals surface area contributed by atoms with Gasteiger partial charge in [0.1, 0.15) is 5.82 Å². The standard InChI is InChI=1S/C13H10BrFN4O/c1-6-8(4-7-2-3-10(15)9(14)5-7)11(16)12-13(17-6)19-20-18-12/h2-3,5H,4,16H2,1H3. The first kappa shape index (κ1) is 13.0. The molecule has 5 nitrogen and oxygen atoms in total. The number of hydrogen-bond donors (Lipinski definition) is 1. The highest BCUT2D eigenvalue weighted by molar-refractivity contribution is 9.10. The minimum atomic E-state index is -0.298. The number of nitrogens with zero attached hydrogens (tertiary/aromatic N) is 3. The van der Waals surface area contributed by atoms with Crippen LogP contribution >= 0.6 is 15.9 Å². The van der Waals surface area contributed by atoms with Crippen molar-refractivity contribution in [3.8, 4) is 0 Å². The molecule has 2 N–H and O–H groups in total. The van der Waals surface area contributed by atoms with Gasteiger partial charge in [0.25, 0.3) is 0 Å². The van der Waals surface area contributed by atoms with Crippen molar-refractivity contribution >= 4 is 32.8 Å². The Labute approximate surface area is 122 Å². The van der Waals surface area contributed by atoms with Gasteiger partial charge in [-0.05, 0) is 50.9 Å². The van der Waals surface area contributed by atoms with Gasteiger partial charge in [0.05, 0.1) is 10.2 Å². The molecule has 0 atom stereocenters. The Morgan fingerprint density at radius 3 is 2.90 bits per heavy atom. The number of anilines is 1. The van der Waals surface area contributed by atoms with Gasteiger partial charge in [-0.3, -0.25) is 0 Å². The maximum Gasteiger partial charge on any atom is 0.226 e. The summed E-state index contributed by atoms with van der Waals surface area (Å²) in [5.74, 6) is -0.298. The molecule has 0 saturated heterocycles. The molecule has 0 aliphatic rings. The van der Waals surface area contributed by atoms with Crippen molar-refractivity contribution in [1.82, 2.24) is 15.3 Å². The zero-order chi connectivity index (χ0) is 14.3. The molecular weight excluding hydrogens is 327 g/mol. The van der Waals surface area contributed by atoms with Crippen LogP contribution in [0.2, 0.25) is 0 Å². The molecule has 0 amide bonds. The van der Waals surface area contributed by atoms with Crippen LogP contribution in [-0.2, 0) is 6.42 Å². The monoisotopic (exact) mass is 336 g/mol. The number of nitrogen functional groups attached to an aromatic ring is 1. The molecule has 20 heavy (non-hydrogen) atoms. The van der Waals surface area contributed by atoms with E-state index >= 15 is 0 Å². The van der Waals surface area contributed by atoms with Gasteiger partial charge in [0.15, 0.2) is 5.52 Å². The lowest BCUT2D eigenvalue weighted by atomic mass is 10.0. The highest BCUT2D eigenvalue weighted by Crippen LogP contribution is 2.27. The smallest absolute Gasteiger partial charge is 0.226 e. The second-order valence-corrected chi connectivity index (χ2v) is 5.31. The van der Waals surface area contributed by atoms with E-state index in [9.17, 15) is 4.39 Å². The van der Waals surface area contributed by atoms with Crippen molar-refractivity contribution < 1.29 is 9.02 Å². The van der Waals surface area contributed by atoms with E-state index in [-0.39, 0.29) is 5.82 Å². The van der Waals surface area contributed by atoms with E-state index in [1.807, 2.05) is 6.92 Å². The van der Waals surface area contributed by atoms with Crippen molar-refractivity contribution in [2.45, 2.75) is 13.3 Å². The number of hydrogen-bond acceptors (Lipinski definition) is 5. The lowest BCUT2D eigenvalue weighted by Crippen LogP contribution is -2.03. The Morgan fingerprint density at radius 2 is 2.15 bits per heavy atom. The molecule has 0 radical (unpaired) electrons. The van der Waals surface area contributed by atoms with Crippen molar-refractivity contribution in [2.24, 2.45) is 0 Å². The normalized spacial score (nSPS) is 11.2. The van der Waals surface area contributed by atoms with E-state index < -0.39 is 0 Å². The summed E-state index contributed by atoms with van der Waals surface area (Å²) in [4.78, 5) is 4.30. The minimum Gasteiger partial charge on any atom is -0.396 e. The first-order valence-electron chi connectivity index (χ1n) is 5.87. The Bertz CT molecular complexity index is 802. The molecular formula is C13H10BrFN4O. The zero-order valence-corrected chi connectivity index (χ0v) is 12.1. The van der Waals surface area contributed by atoms with Gasteiger partial charge in [0, 0.05) is 17.7 Å². The van der Waals surface area contributed by atoms with Crippen LogP contribution in [0.25, 0.3) is 11.2 Å². The fourth-order valence-electron chi connectivity index (χ4n) is 2.07. The number of nitrogens with two attached hydrogens (primary N) is 1. The molecule has 2 aromatic heterocycles. The van der Waals surface area contributed by atoms with Crippen LogP contribution in [-0.4, -0.2) is 15.3 Å². The number of halogens is 2. The molecule has 1 aromatic carbocycles. The second-order valence-electron chi connectivity index (χ2n) is 4.45. The number of benzene rings is 1. The first-order chi connectivity index (χ1) is 9.56. The van der Waals surface area contributed by atoms with E-state index in [2.05, 4.69) is 35.9 Å². The topological polar surface area (TPSA) is 77.8 Å². The Morgan fingerprint density at radius 1 is 1.35 bits per heavy atom. The van der Waals surface area contributed by atoms with Crippen molar-refractivity contribution in [3.63, 3.8) is 0 Å². The van der Waals surface area contributed by atoms with Gasteiger partial charge in [-0.15, -0.1) is 0 Å². The summed E-state index contributed by atoms with van der Waals surface area (Å²) in [5.41, 5.74) is 9.95. The molecule has 0 saturated carbocycles. The van der Waals surface area contributed by atoms with Gasteiger partial charge >= 0.3 is 0 Å². The fraction of sp³-hybridized carbons (Fsp3) is 0.154. The van der Waals surface area contributed by atoms with Gasteiger partial charge in [0.2, 0.25) is 5.65 Å². The lowest BCUT2D eigenvalue weighted by Gasteiger charge is -2.09. The maximum absolute atomic E-state index is 13.2. The van der Waals surface area contributed by atoms with E-state index in [4.69, 9.17) is 5.73 Å². The molecule has 7 heteroatoms. The second kappa shape index (κ2) is 4.82. The molecule has 0 aliphatic carbocycles. The van der Waals surface area contributed by atoms with Crippen LogP contribution in [0.1, 0.15) is 16.8 Å². The maximum atomic E-state index is 13.2. The van der Waals surface area contributed by atoms with E-state index in [1.165, 1.54) is 6.07 Å². The molecule has 0 fully saturated rings. The third-order valence-corrected chi connectivity index (χ3v) is 3.73. The van der Waals surface area contributed by atoms with E-state index in [1.54, 1.807) is 12.1 Å². The van der Waals surface area contributed by atoms with Gasteiger partial charge in [-0.2, -0.15) is 0 Å². The third-order valence-electron chi connectivity index (χ3n) is 3.13. The Hall–Kier alpha value is -2.02. The minimum absolute atomic E-state index is 0.298. The number of aryl methyl sites for hydroxylation is 1. The number of pyridine rings is 1. The van der Waals surface area contributed by atoms with Gasteiger partial charge in [-0.25, -0.2) is 14.0 Å². The quantitative estimate of drug-likeness (QED) is 0.778. The van der Waals surface area contributed by atoms with Crippen LogP contribution in [0.15, 0.2) is 27.3 Å². The predicted octanol–water partition coefficient (Wildman–Crippen LogP) is 3.00. The summed E-state index contributed by atoms with van der Waals surface area (Å²) in [6, 6.07) is 4.85. The number of rotatable bonds is 2. The van der Waals surface area contributed by atoms with E-state index in [0.29, 0.717) is 27.7 Å². The number of fused-ring (bicyclic) bond motifs is 1. The number of aromatic nitrogens is 3. The Kier molecular flexibility index (Phi) is 3.13. The fourth-order valence-corrected chi connectivity index (χ4v) is 2.49. The summed E-state index contributed by atoms with van der Waals surface area (Å²) < 4.78 is 18.3. The predicted molar refractivity (Wildman–Crippen MR) is 75.7 cm³/mol. The molecule has 102 valence electrons. The molecule has 0 aliphatic heterocycles. The molecule has 2 heterocycles. The summed E-state index contributed by atoms with van der Waals surface area (Å²) in [5, 5.41) is 7.43.